The van der Waals surface area contributed by atoms with Crippen LogP contribution in [0.3, 0.4) is 0 Å². The van der Waals surface area contributed by atoms with Crippen molar-refractivity contribution in [3.63, 3.8) is 0 Å². The number of rotatable bonds is 5. The van der Waals surface area contributed by atoms with Gasteiger partial charge in [-0.25, -0.2) is 4.98 Å². The van der Waals surface area contributed by atoms with Crippen molar-refractivity contribution >= 4 is 32.6 Å². The van der Waals surface area contributed by atoms with Crippen LogP contribution < -0.4 is 10.6 Å². The summed E-state index contributed by atoms with van der Waals surface area (Å²) in [5.74, 6) is -0.0440. The van der Waals surface area contributed by atoms with E-state index in [1.165, 1.54) is 11.3 Å². The van der Waals surface area contributed by atoms with Gasteiger partial charge in [0.05, 0.1) is 16.8 Å². The Kier molecular flexibility index (Phi) is 4.06. The molecule has 90 valence electrons. The van der Waals surface area contributed by atoms with Crippen LogP contribution in [0.25, 0.3) is 10.2 Å². The number of benzene rings is 1. The highest BCUT2D eigenvalue weighted by atomic mass is 32.1. The maximum Gasteiger partial charge on any atom is 0.240 e. The number of carbonyl (C=O) groups excluding carboxylic acids is 1. The van der Waals surface area contributed by atoms with Gasteiger partial charge in [-0.2, -0.15) is 0 Å². The Bertz CT molecular complexity index is 476. The van der Waals surface area contributed by atoms with E-state index < -0.39 is 0 Å². The van der Waals surface area contributed by atoms with E-state index in [9.17, 15) is 4.79 Å². The minimum absolute atomic E-state index is 0.0440. The molecular weight excluding hydrogens is 234 g/mol. The molecule has 1 aromatic heterocycles. The molecule has 0 saturated carbocycles. The zero-order chi connectivity index (χ0) is 12.1. The predicted octanol–water partition coefficient (Wildman–Crippen LogP) is 2.23. The van der Waals surface area contributed by atoms with Crippen LogP contribution in [0.1, 0.15) is 13.3 Å². The monoisotopic (exact) mass is 249 g/mol. The normalized spacial score (nSPS) is 10.6. The average Bonchev–Trinajstić information content (AvgIpc) is 2.71. The van der Waals surface area contributed by atoms with Gasteiger partial charge in [-0.1, -0.05) is 30.4 Å². The molecule has 0 spiro atoms. The summed E-state index contributed by atoms with van der Waals surface area (Å²) in [5, 5.41) is 6.51. The van der Waals surface area contributed by atoms with Crippen molar-refractivity contribution in [3.05, 3.63) is 24.3 Å². The van der Waals surface area contributed by atoms with Gasteiger partial charge in [0, 0.05) is 0 Å². The lowest BCUT2D eigenvalue weighted by atomic mass is 10.3. The minimum atomic E-state index is -0.0440. The van der Waals surface area contributed by atoms with Crippen LogP contribution in [0.5, 0.6) is 0 Å². The number of carbonyl (C=O) groups is 1. The first-order valence-electron chi connectivity index (χ1n) is 5.65. The van der Waals surface area contributed by atoms with Gasteiger partial charge in [-0.05, 0) is 25.1 Å². The quantitative estimate of drug-likeness (QED) is 0.799. The number of nitrogens with zero attached hydrogens (tertiary/aromatic N) is 1. The summed E-state index contributed by atoms with van der Waals surface area (Å²) < 4.78 is 1.09. The molecule has 0 aliphatic carbocycles. The van der Waals surface area contributed by atoms with Crippen LogP contribution in [0.2, 0.25) is 0 Å². The Hall–Kier alpha value is -1.46. The minimum Gasteiger partial charge on any atom is -0.308 e. The Morgan fingerprint density at radius 1 is 1.41 bits per heavy atom. The Morgan fingerprint density at radius 2 is 2.24 bits per heavy atom. The molecule has 1 heterocycles. The van der Waals surface area contributed by atoms with Crippen molar-refractivity contribution in [1.29, 1.82) is 0 Å². The van der Waals surface area contributed by atoms with Crippen LogP contribution in [-0.2, 0) is 4.79 Å². The maximum atomic E-state index is 11.6. The van der Waals surface area contributed by atoms with Crippen LogP contribution >= 0.6 is 11.3 Å². The largest absolute Gasteiger partial charge is 0.308 e. The van der Waals surface area contributed by atoms with E-state index >= 15 is 0 Å². The summed E-state index contributed by atoms with van der Waals surface area (Å²) in [6.07, 6.45) is 1.02. The maximum absolute atomic E-state index is 11.6. The summed E-state index contributed by atoms with van der Waals surface area (Å²) in [7, 11) is 0. The second kappa shape index (κ2) is 5.75. The molecule has 0 atom stereocenters. The number of nitrogens with one attached hydrogen (secondary N) is 2. The molecule has 0 radical (unpaired) electrons. The van der Waals surface area contributed by atoms with Crippen LogP contribution in [0.15, 0.2) is 24.3 Å². The van der Waals surface area contributed by atoms with Crippen LogP contribution in [0, 0.1) is 0 Å². The third kappa shape index (κ3) is 3.25. The van der Waals surface area contributed by atoms with Gasteiger partial charge in [0.15, 0.2) is 5.13 Å². The van der Waals surface area contributed by atoms with Gasteiger partial charge in [-0.15, -0.1) is 0 Å². The molecule has 0 aliphatic rings. The van der Waals surface area contributed by atoms with E-state index in [0.29, 0.717) is 11.7 Å². The predicted molar refractivity (Wildman–Crippen MR) is 71.4 cm³/mol. The number of hydrogen-bond acceptors (Lipinski definition) is 4. The molecule has 0 saturated heterocycles. The fourth-order valence-corrected chi connectivity index (χ4v) is 2.35. The van der Waals surface area contributed by atoms with E-state index in [1.54, 1.807) is 0 Å². The van der Waals surface area contributed by atoms with Gasteiger partial charge in [-0.3, -0.25) is 4.79 Å². The molecule has 2 rings (SSSR count). The smallest absolute Gasteiger partial charge is 0.240 e. The third-order valence-electron chi connectivity index (χ3n) is 2.25. The zero-order valence-corrected chi connectivity index (χ0v) is 10.5. The second-order valence-corrected chi connectivity index (χ2v) is 4.74. The molecule has 17 heavy (non-hydrogen) atoms. The number of thiazole rings is 1. The number of aromatic nitrogens is 1. The van der Waals surface area contributed by atoms with Gasteiger partial charge in [0.1, 0.15) is 0 Å². The van der Waals surface area contributed by atoms with E-state index in [0.717, 1.165) is 23.2 Å². The SMILES string of the molecule is CCCNCC(=O)Nc1nc2ccccc2s1. The van der Waals surface area contributed by atoms with Crippen molar-refractivity contribution in [1.82, 2.24) is 10.3 Å². The first kappa shape index (κ1) is 12.0. The van der Waals surface area contributed by atoms with E-state index in [-0.39, 0.29) is 5.91 Å². The van der Waals surface area contributed by atoms with Crippen molar-refractivity contribution < 1.29 is 4.79 Å². The van der Waals surface area contributed by atoms with Gasteiger partial charge in [0.25, 0.3) is 0 Å². The number of amides is 1. The molecule has 1 amide bonds. The van der Waals surface area contributed by atoms with Crippen LogP contribution in [-0.4, -0.2) is 24.0 Å². The summed E-state index contributed by atoms with van der Waals surface area (Å²) in [5.41, 5.74) is 0.925. The molecule has 2 N–H and O–H groups in total. The fraction of sp³-hybridized carbons (Fsp3) is 0.333. The lowest BCUT2D eigenvalue weighted by Gasteiger charge is -2.02. The van der Waals surface area contributed by atoms with Crippen molar-refractivity contribution in [2.45, 2.75) is 13.3 Å². The van der Waals surface area contributed by atoms with Gasteiger partial charge < -0.3 is 10.6 Å². The summed E-state index contributed by atoms with van der Waals surface area (Å²) in [4.78, 5) is 15.9. The first-order chi connectivity index (χ1) is 8.29. The molecule has 4 nitrogen and oxygen atoms in total. The molecule has 5 heteroatoms. The first-order valence-corrected chi connectivity index (χ1v) is 6.47. The topological polar surface area (TPSA) is 54.0 Å². The standard InChI is InChI=1S/C12H15N3OS/c1-2-7-13-8-11(16)15-12-14-9-5-3-4-6-10(9)17-12/h3-6,13H,2,7-8H2,1H3,(H,14,15,16). The van der Waals surface area contributed by atoms with Gasteiger partial charge in [0.2, 0.25) is 5.91 Å². The summed E-state index contributed by atoms with van der Waals surface area (Å²) in [6.45, 7) is 3.26. The average molecular weight is 249 g/mol. The molecule has 0 bridgehead atoms. The van der Waals surface area contributed by atoms with E-state index in [2.05, 4.69) is 22.5 Å². The number of fused-ring (bicyclic) bond motifs is 1. The van der Waals surface area contributed by atoms with E-state index in [1.807, 2.05) is 24.3 Å². The molecule has 0 aliphatic heterocycles. The van der Waals surface area contributed by atoms with Gasteiger partial charge >= 0.3 is 0 Å². The van der Waals surface area contributed by atoms with Crippen molar-refractivity contribution in [2.75, 3.05) is 18.4 Å². The lowest BCUT2D eigenvalue weighted by Crippen LogP contribution is -2.28. The molecule has 0 unspecified atom stereocenters. The Morgan fingerprint density at radius 3 is 3.00 bits per heavy atom. The fourth-order valence-electron chi connectivity index (χ4n) is 1.47. The highest BCUT2D eigenvalue weighted by Gasteiger charge is 2.06. The molecule has 1 aromatic carbocycles. The number of para-hydroxylation sites is 1. The number of anilines is 1. The third-order valence-corrected chi connectivity index (χ3v) is 3.20. The summed E-state index contributed by atoms with van der Waals surface area (Å²) >= 11 is 1.49. The summed E-state index contributed by atoms with van der Waals surface area (Å²) in [6, 6.07) is 7.85. The second-order valence-electron chi connectivity index (χ2n) is 3.71. The Balaban J connectivity index is 1.96. The zero-order valence-electron chi connectivity index (χ0n) is 9.69. The lowest BCUT2D eigenvalue weighted by molar-refractivity contribution is -0.115. The molecule has 2 aromatic rings. The number of hydrogen-bond donors (Lipinski definition) is 2. The van der Waals surface area contributed by atoms with Crippen molar-refractivity contribution in [3.8, 4) is 0 Å². The highest BCUT2D eigenvalue weighted by molar-refractivity contribution is 7.22. The van der Waals surface area contributed by atoms with Crippen molar-refractivity contribution in [2.24, 2.45) is 0 Å². The highest BCUT2D eigenvalue weighted by Crippen LogP contribution is 2.24. The molecule has 0 fully saturated rings. The van der Waals surface area contributed by atoms with E-state index in [4.69, 9.17) is 0 Å². The van der Waals surface area contributed by atoms with Crippen LogP contribution in [0.4, 0.5) is 5.13 Å². The Labute approximate surface area is 104 Å². The molecular formula is C12H15N3OS.